The van der Waals surface area contributed by atoms with Crippen LogP contribution in [0.4, 0.5) is 0 Å². The zero-order chi connectivity index (χ0) is 19.3. The molecule has 0 radical (unpaired) electrons. The average molecular weight is 394 g/mol. The van der Waals surface area contributed by atoms with Crippen LogP contribution in [0, 0.1) is 0 Å². The first-order chi connectivity index (χ1) is 13.7. The standard InChI is InChI=1S/C20H18N4O3S/c1-26-16-6-4-14(5-7-16)19-22-20-24(23-19)15(13-28-20)10-11-21-18(25)9-8-17-3-2-12-27-17/h2-9,12-13H,10-11H2,1H3,(H,21,25). The van der Waals surface area contributed by atoms with Crippen molar-refractivity contribution in [3.8, 4) is 17.1 Å². The predicted molar refractivity (Wildman–Crippen MR) is 107 cm³/mol. The van der Waals surface area contributed by atoms with Gasteiger partial charge in [0.25, 0.3) is 0 Å². The van der Waals surface area contributed by atoms with Crippen LogP contribution in [-0.2, 0) is 11.2 Å². The number of thiazole rings is 1. The number of furan rings is 1. The Kier molecular flexibility index (Phi) is 5.20. The minimum Gasteiger partial charge on any atom is -0.497 e. The maximum absolute atomic E-state index is 11.9. The van der Waals surface area contributed by atoms with E-state index in [0.717, 1.165) is 22.0 Å². The number of methoxy groups -OCH3 is 1. The fraction of sp³-hybridized carbons (Fsp3) is 0.150. The van der Waals surface area contributed by atoms with Gasteiger partial charge < -0.3 is 14.5 Å². The number of hydrogen-bond donors (Lipinski definition) is 1. The number of rotatable bonds is 7. The van der Waals surface area contributed by atoms with Crippen LogP contribution in [0.25, 0.3) is 22.4 Å². The van der Waals surface area contributed by atoms with E-state index in [0.29, 0.717) is 24.6 Å². The number of aromatic nitrogens is 3. The fourth-order valence-corrected chi connectivity index (χ4v) is 3.53. The van der Waals surface area contributed by atoms with Crippen molar-refractivity contribution in [1.29, 1.82) is 0 Å². The molecule has 7 nitrogen and oxygen atoms in total. The number of amides is 1. The lowest BCUT2D eigenvalue weighted by molar-refractivity contribution is -0.116. The third-order valence-electron chi connectivity index (χ3n) is 4.12. The van der Waals surface area contributed by atoms with Crippen molar-refractivity contribution < 1.29 is 13.9 Å². The maximum Gasteiger partial charge on any atom is 0.244 e. The van der Waals surface area contributed by atoms with E-state index >= 15 is 0 Å². The van der Waals surface area contributed by atoms with Crippen LogP contribution in [0.2, 0.25) is 0 Å². The molecule has 0 fully saturated rings. The molecule has 0 saturated carbocycles. The van der Waals surface area contributed by atoms with E-state index in [1.165, 1.54) is 17.4 Å². The highest BCUT2D eigenvalue weighted by molar-refractivity contribution is 7.15. The number of nitrogens with zero attached hydrogens (tertiary/aromatic N) is 3. The van der Waals surface area contributed by atoms with Crippen molar-refractivity contribution >= 4 is 28.3 Å². The van der Waals surface area contributed by atoms with Crippen LogP contribution in [0.1, 0.15) is 11.5 Å². The summed E-state index contributed by atoms with van der Waals surface area (Å²) in [6, 6.07) is 11.2. The van der Waals surface area contributed by atoms with Gasteiger partial charge in [-0.15, -0.1) is 16.4 Å². The number of carbonyl (C=O) groups excluding carboxylic acids is 1. The average Bonchev–Trinajstić information content (AvgIpc) is 3.45. The Morgan fingerprint density at radius 1 is 1.32 bits per heavy atom. The van der Waals surface area contributed by atoms with Crippen molar-refractivity contribution in [1.82, 2.24) is 19.9 Å². The van der Waals surface area contributed by atoms with Crippen molar-refractivity contribution in [2.45, 2.75) is 6.42 Å². The highest BCUT2D eigenvalue weighted by atomic mass is 32.1. The van der Waals surface area contributed by atoms with Gasteiger partial charge in [0.1, 0.15) is 11.5 Å². The number of ether oxygens (including phenoxy) is 1. The topological polar surface area (TPSA) is 81.7 Å². The summed E-state index contributed by atoms with van der Waals surface area (Å²) in [5.41, 5.74) is 1.93. The quantitative estimate of drug-likeness (QED) is 0.486. The first kappa shape index (κ1) is 18.0. The molecule has 142 valence electrons. The van der Waals surface area contributed by atoms with Crippen LogP contribution in [0.3, 0.4) is 0 Å². The number of fused-ring (bicyclic) bond motifs is 1. The van der Waals surface area contributed by atoms with E-state index in [1.807, 2.05) is 34.2 Å². The van der Waals surface area contributed by atoms with Gasteiger partial charge in [0, 0.05) is 30.0 Å². The van der Waals surface area contributed by atoms with Crippen molar-refractivity contribution in [3.63, 3.8) is 0 Å². The smallest absolute Gasteiger partial charge is 0.244 e. The molecule has 1 N–H and O–H groups in total. The molecule has 0 unspecified atom stereocenters. The Bertz CT molecular complexity index is 1090. The summed E-state index contributed by atoms with van der Waals surface area (Å²) in [7, 11) is 1.64. The van der Waals surface area contributed by atoms with Crippen LogP contribution in [0.15, 0.2) is 58.5 Å². The Morgan fingerprint density at radius 2 is 2.18 bits per heavy atom. The summed E-state index contributed by atoms with van der Waals surface area (Å²) in [6.45, 7) is 0.505. The van der Waals surface area contributed by atoms with E-state index < -0.39 is 0 Å². The lowest BCUT2D eigenvalue weighted by atomic mass is 10.2. The highest BCUT2D eigenvalue weighted by Gasteiger charge is 2.11. The molecule has 1 amide bonds. The highest BCUT2D eigenvalue weighted by Crippen LogP contribution is 2.23. The number of hydrogen-bond acceptors (Lipinski definition) is 6. The second-order valence-electron chi connectivity index (χ2n) is 5.98. The second-order valence-corrected chi connectivity index (χ2v) is 6.81. The van der Waals surface area contributed by atoms with E-state index in [1.54, 1.807) is 31.6 Å². The van der Waals surface area contributed by atoms with Gasteiger partial charge in [0.05, 0.1) is 19.1 Å². The summed E-state index contributed by atoms with van der Waals surface area (Å²) in [4.78, 5) is 17.3. The summed E-state index contributed by atoms with van der Waals surface area (Å²) >= 11 is 1.53. The van der Waals surface area contributed by atoms with Crippen LogP contribution >= 0.6 is 11.3 Å². The van der Waals surface area contributed by atoms with Crippen molar-refractivity contribution in [3.05, 3.63) is 65.6 Å². The van der Waals surface area contributed by atoms with Crippen molar-refractivity contribution in [2.75, 3.05) is 13.7 Å². The molecule has 4 aromatic rings. The van der Waals surface area contributed by atoms with Gasteiger partial charge in [-0.3, -0.25) is 4.79 Å². The molecule has 0 spiro atoms. The van der Waals surface area contributed by atoms with Gasteiger partial charge in [-0.05, 0) is 42.5 Å². The Hall–Kier alpha value is -3.39. The molecule has 0 saturated heterocycles. The van der Waals surface area contributed by atoms with Crippen molar-refractivity contribution in [2.24, 2.45) is 0 Å². The van der Waals surface area contributed by atoms with Gasteiger partial charge >= 0.3 is 0 Å². The molecule has 8 heteroatoms. The molecule has 1 aromatic carbocycles. The van der Waals surface area contributed by atoms with Crippen LogP contribution in [-0.4, -0.2) is 34.2 Å². The van der Waals surface area contributed by atoms with Crippen LogP contribution < -0.4 is 10.1 Å². The van der Waals surface area contributed by atoms with Gasteiger partial charge in [-0.1, -0.05) is 0 Å². The third-order valence-corrected chi connectivity index (χ3v) is 4.99. The van der Waals surface area contributed by atoms with E-state index in [4.69, 9.17) is 9.15 Å². The number of carbonyl (C=O) groups is 1. The minimum atomic E-state index is -0.166. The Morgan fingerprint density at radius 3 is 2.93 bits per heavy atom. The number of benzene rings is 1. The molecule has 0 aliphatic rings. The second kappa shape index (κ2) is 8.10. The molecule has 3 aromatic heterocycles. The first-order valence-corrected chi connectivity index (χ1v) is 9.58. The van der Waals surface area contributed by atoms with Gasteiger partial charge in [-0.2, -0.15) is 4.98 Å². The maximum atomic E-state index is 11.9. The minimum absolute atomic E-state index is 0.166. The zero-order valence-corrected chi connectivity index (χ0v) is 16.0. The normalized spacial score (nSPS) is 11.3. The molecule has 0 aliphatic heterocycles. The lowest BCUT2D eigenvalue weighted by Crippen LogP contribution is -2.23. The SMILES string of the molecule is COc1ccc(-c2nc3scc(CCNC(=O)C=Cc4ccco4)n3n2)cc1. The predicted octanol–water partition coefficient (Wildman–Crippen LogP) is 3.43. The molecule has 0 atom stereocenters. The first-order valence-electron chi connectivity index (χ1n) is 8.70. The largest absolute Gasteiger partial charge is 0.497 e. The molecule has 0 bridgehead atoms. The molecule has 28 heavy (non-hydrogen) atoms. The van der Waals surface area contributed by atoms with Gasteiger partial charge in [0.2, 0.25) is 10.9 Å². The molecule has 0 aliphatic carbocycles. The third kappa shape index (κ3) is 3.96. The molecule has 3 heterocycles. The Labute approximate surface area is 165 Å². The van der Waals surface area contributed by atoms with Crippen LogP contribution in [0.5, 0.6) is 5.75 Å². The summed E-state index contributed by atoms with van der Waals surface area (Å²) < 4.78 is 12.2. The van der Waals surface area contributed by atoms with E-state index in [-0.39, 0.29) is 5.91 Å². The van der Waals surface area contributed by atoms with E-state index in [9.17, 15) is 4.79 Å². The van der Waals surface area contributed by atoms with E-state index in [2.05, 4.69) is 15.4 Å². The summed E-state index contributed by atoms with van der Waals surface area (Å²) in [5, 5.41) is 9.48. The Balaban J connectivity index is 1.39. The molecular formula is C20H18N4O3S. The monoisotopic (exact) mass is 394 g/mol. The summed E-state index contributed by atoms with van der Waals surface area (Å²) in [5.74, 6) is 1.94. The molecule has 4 rings (SSSR count). The fourth-order valence-electron chi connectivity index (χ4n) is 2.68. The van der Waals surface area contributed by atoms with Gasteiger partial charge in [0.15, 0.2) is 5.82 Å². The lowest BCUT2D eigenvalue weighted by Gasteiger charge is -2.01. The summed E-state index contributed by atoms with van der Waals surface area (Å²) in [6.07, 6.45) is 5.32. The zero-order valence-electron chi connectivity index (χ0n) is 15.2. The van der Waals surface area contributed by atoms with Gasteiger partial charge in [-0.25, -0.2) is 4.52 Å². The molecular weight excluding hydrogens is 376 g/mol. The number of nitrogens with one attached hydrogen (secondary N) is 1.